The van der Waals surface area contributed by atoms with Gasteiger partial charge in [0.05, 0.1) is 30.4 Å². The van der Waals surface area contributed by atoms with E-state index < -0.39 is 0 Å². The molecule has 33 heavy (non-hydrogen) atoms. The highest BCUT2D eigenvalue weighted by Crippen LogP contribution is 2.21. The summed E-state index contributed by atoms with van der Waals surface area (Å²) in [6, 6.07) is 6.26. The van der Waals surface area contributed by atoms with Gasteiger partial charge in [0.25, 0.3) is 0 Å². The molecule has 0 saturated carbocycles. The Morgan fingerprint density at radius 1 is 1.12 bits per heavy atom. The van der Waals surface area contributed by atoms with Crippen LogP contribution in [0.5, 0.6) is 0 Å². The molecule has 1 fully saturated rings. The summed E-state index contributed by atoms with van der Waals surface area (Å²) in [5, 5.41) is 7.07. The summed E-state index contributed by atoms with van der Waals surface area (Å²) in [6.07, 6.45) is 7.54. The molecule has 0 atom stereocenters. The minimum absolute atomic E-state index is 0.403. The minimum Gasteiger partial charge on any atom is -0.380 e. The smallest absolute Gasteiger partial charge is 0.205 e. The molecule has 5 heterocycles. The largest absolute Gasteiger partial charge is 0.380 e. The van der Waals surface area contributed by atoms with Gasteiger partial charge in [-0.15, -0.1) is 0 Å². The fraction of sp³-hybridized carbons (Fsp3) is 0.478. The number of H-pyrrole nitrogens is 1. The molecule has 174 valence electrons. The topological polar surface area (TPSA) is 109 Å². The van der Waals surface area contributed by atoms with Crippen LogP contribution < -0.4 is 10.6 Å². The van der Waals surface area contributed by atoms with Crippen LogP contribution in [0.25, 0.3) is 22.2 Å². The highest BCUT2D eigenvalue weighted by molar-refractivity contribution is 5.76. The molecule has 0 radical (unpaired) electrons. The molecule has 5 rings (SSSR count). The average Bonchev–Trinajstić information content (AvgIpc) is 3.41. The van der Waals surface area contributed by atoms with Crippen LogP contribution in [0.2, 0.25) is 0 Å². The second kappa shape index (κ2) is 10.1. The van der Waals surface area contributed by atoms with Gasteiger partial charge >= 0.3 is 0 Å². The first-order valence-electron chi connectivity index (χ1n) is 11.7. The van der Waals surface area contributed by atoms with Crippen molar-refractivity contribution in [3.05, 3.63) is 36.8 Å². The number of imidazole rings is 2. The second-order valence-electron chi connectivity index (χ2n) is 8.30. The van der Waals surface area contributed by atoms with Crippen molar-refractivity contribution >= 4 is 34.1 Å². The van der Waals surface area contributed by atoms with Crippen LogP contribution in [0, 0.1) is 0 Å². The molecule has 0 bridgehead atoms. The molecular formula is C23H31N9O. The number of ether oxygens (including phenoxy) is 1. The van der Waals surface area contributed by atoms with E-state index in [1.807, 2.05) is 31.3 Å². The van der Waals surface area contributed by atoms with E-state index in [9.17, 15) is 0 Å². The van der Waals surface area contributed by atoms with Crippen LogP contribution in [0.4, 0.5) is 11.9 Å². The lowest BCUT2D eigenvalue weighted by Crippen LogP contribution is -2.41. The molecule has 1 aliphatic rings. The zero-order chi connectivity index (χ0) is 22.5. The number of pyridine rings is 2. The van der Waals surface area contributed by atoms with E-state index >= 15 is 0 Å². The predicted molar refractivity (Wildman–Crippen MR) is 129 cm³/mol. The van der Waals surface area contributed by atoms with E-state index in [1.165, 1.54) is 0 Å². The Morgan fingerprint density at radius 2 is 2.03 bits per heavy atom. The first-order valence-corrected chi connectivity index (χ1v) is 11.7. The van der Waals surface area contributed by atoms with Gasteiger partial charge < -0.3 is 25.3 Å². The van der Waals surface area contributed by atoms with Gasteiger partial charge in [0.1, 0.15) is 5.52 Å². The summed E-state index contributed by atoms with van der Waals surface area (Å²) in [5.41, 5.74) is 3.71. The quantitative estimate of drug-likeness (QED) is 0.317. The number of aromatic nitrogens is 6. The van der Waals surface area contributed by atoms with Gasteiger partial charge in [-0.3, -0.25) is 9.55 Å². The average molecular weight is 450 g/mol. The maximum Gasteiger partial charge on any atom is 0.205 e. The third-order valence-corrected chi connectivity index (χ3v) is 6.09. The Hall–Kier alpha value is -3.24. The Labute approximate surface area is 192 Å². The minimum atomic E-state index is 0.403. The first-order chi connectivity index (χ1) is 16.3. The maximum absolute atomic E-state index is 5.57. The monoisotopic (exact) mass is 449 g/mol. The zero-order valence-corrected chi connectivity index (χ0v) is 19.0. The van der Waals surface area contributed by atoms with Gasteiger partial charge in [-0.1, -0.05) is 0 Å². The molecule has 4 aromatic rings. The number of piperidine rings is 1. The summed E-state index contributed by atoms with van der Waals surface area (Å²) < 4.78 is 7.72. The van der Waals surface area contributed by atoms with E-state index in [2.05, 4.69) is 40.0 Å². The third kappa shape index (κ3) is 5.07. The molecular weight excluding hydrogens is 418 g/mol. The summed E-state index contributed by atoms with van der Waals surface area (Å²) >= 11 is 0. The van der Waals surface area contributed by atoms with Gasteiger partial charge in [0, 0.05) is 51.2 Å². The van der Waals surface area contributed by atoms with E-state index in [1.54, 1.807) is 12.4 Å². The van der Waals surface area contributed by atoms with Crippen molar-refractivity contribution in [3.63, 3.8) is 0 Å². The zero-order valence-electron chi connectivity index (χ0n) is 19.0. The number of aromatic amines is 1. The number of fused-ring (bicyclic) bond motifs is 2. The molecule has 0 aliphatic carbocycles. The number of likely N-dealkylation sites (tertiary alicyclic amines) is 1. The molecule has 0 spiro atoms. The van der Waals surface area contributed by atoms with Crippen molar-refractivity contribution in [3.8, 4) is 0 Å². The van der Waals surface area contributed by atoms with Crippen molar-refractivity contribution in [1.29, 1.82) is 0 Å². The molecule has 1 saturated heterocycles. The van der Waals surface area contributed by atoms with Gasteiger partial charge in [-0.05, 0) is 38.0 Å². The van der Waals surface area contributed by atoms with Crippen LogP contribution >= 0.6 is 0 Å². The molecule has 10 heteroatoms. The molecule has 0 aromatic carbocycles. The van der Waals surface area contributed by atoms with Gasteiger partial charge in [0.2, 0.25) is 11.9 Å². The Balaban J connectivity index is 1.12. The Kier molecular flexibility index (Phi) is 6.63. The van der Waals surface area contributed by atoms with E-state index in [0.717, 1.165) is 79.7 Å². The van der Waals surface area contributed by atoms with Crippen LogP contribution in [-0.4, -0.2) is 79.8 Å². The van der Waals surface area contributed by atoms with Crippen LogP contribution in [0.15, 0.2) is 36.8 Å². The summed E-state index contributed by atoms with van der Waals surface area (Å²) in [7, 11) is 0. The molecule has 1 aliphatic heterocycles. The van der Waals surface area contributed by atoms with E-state index in [4.69, 9.17) is 9.72 Å². The normalized spacial score (nSPS) is 15.4. The van der Waals surface area contributed by atoms with Crippen LogP contribution in [-0.2, 0) is 11.3 Å². The SMILES string of the molecule is CCOCCn1c(NC2CCN(CCNc3nc4ccncc4[nH]3)CC2)nc2cccnc21. The lowest BCUT2D eigenvalue weighted by atomic mass is 10.1. The number of hydrogen-bond donors (Lipinski definition) is 3. The molecule has 0 unspecified atom stereocenters. The van der Waals surface area contributed by atoms with Crippen molar-refractivity contribution in [2.45, 2.75) is 32.4 Å². The maximum atomic E-state index is 5.57. The number of anilines is 2. The summed E-state index contributed by atoms with van der Waals surface area (Å²) in [6.45, 7) is 8.07. The van der Waals surface area contributed by atoms with Gasteiger partial charge in [0.15, 0.2) is 5.65 Å². The lowest BCUT2D eigenvalue weighted by molar-refractivity contribution is 0.140. The molecule has 3 N–H and O–H groups in total. The van der Waals surface area contributed by atoms with Crippen LogP contribution in [0.3, 0.4) is 0 Å². The fourth-order valence-corrected chi connectivity index (χ4v) is 4.34. The van der Waals surface area contributed by atoms with Gasteiger partial charge in [-0.2, -0.15) is 0 Å². The van der Waals surface area contributed by atoms with Crippen LogP contribution in [0.1, 0.15) is 19.8 Å². The van der Waals surface area contributed by atoms with Crippen molar-refractivity contribution in [1.82, 2.24) is 34.4 Å². The van der Waals surface area contributed by atoms with Crippen molar-refractivity contribution < 1.29 is 4.74 Å². The Morgan fingerprint density at radius 3 is 2.88 bits per heavy atom. The summed E-state index contributed by atoms with van der Waals surface area (Å²) in [4.78, 5) is 23.8. The summed E-state index contributed by atoms with van der Waals surface area (Å²) in [5.74, 6) is 1.69. The molecule has 4 aromatic heterocycles. The lowest BCUT2D eigenvalue weighted by Gasteiger charge is -2.32. The molecule has 10 nitrogen and oxygen atoms in total. The third-order valence-electron chi connectivity index (χ3n) is 6.09. The standard InChI is InChI=1S/C23H31N9O/c1-2-33-15-14-32-21-19(4-3-8-25-21)30-23(32)27-17-6-11-31(12-7-17)13-10-26-22-28-18-5-9-24-16-20(18)29-22/h3-5,8-9,16-17H,2,6-7,10-15H2,1H3,(H,27,30)(H2,26,28,29). The molecule has 0 amide bonds. The van der Waals surface area contributed by atoms with Crippen molar-refractivity contribution in [2.24, 2.45) is 0 Å². The highest BCUT2D eigenvalue weighted by Gasteiger charge is 2.21. The number of rotatable bonds is 10. The first kappa shape index (κ1) is 21.6. The Bertz CT molecular complexity index is 1150. The number of hydrogen-bond acceptors (Lipinski definition) is 8. The van der Waals surface area contributed by atoms with Gasteiger partial charge in [-0.25, -0.2) is 15.0 Å². The number of nitrogens with one attached hydrogen (secondary N) is 3. The van der Waals surface area contributed by atoms with Crippen molar-refractivity contribution in [2.75, 3.05) is 50.0 Å². The fourth-order valence-electron chi connectivity index (χ4n) is 4.34. The van der Waals surface area contributed by atoms with E-state index in [-0.39, 0.29) is 0 Å². The van der Waals surface area contributed by atoms with E-state index in [0.29, 0.717) is 19.3 Å². The second-order valence-corrected chi connectivity index (χ2v) is 8.30. The number of nitrogens with zero attached hydrogens (tertiary/aromatic N) is 6. The highest BCUT2D eigenvalue weighted by atomic mass is 16.5. The predicted octanol–water partition coefficient (Wildman–Crippen LogP) is 2.73.